The van der Waals surface area contributed by atoms with E-state index in [1.165, 1.54) is 25.7 Å². The van der Waals surface area contributed by atoms with Crippen molar-refractivity contribution in [2.45, 2.75) is 264 Å². The van der Waals surface area contributed by atoms with Gasteiger partial charge in [-0.1, -0.05) is 226 Å². The average molecular weight is 1330 g/mol. The van der Waals surface area contributed by atoms with Crippen molar-refractivity contribution in [3.63, 3.8) is 0 Å². The maximum Gasteiger partial charge on any atom is 0.472 e. The van der Waals surface area contributed by atoms with E-state index in [1.807, 2.05) is 18.2 Å². The van der Waals surface area contributed by atoms with Crippen LogP contribution in [-0.4, -0.2) is 96.7 Å². The Hall–Kier alpha value is -4.80. The van der Waals surface area contributed by atoms with Crippen molar-refractivity contribution in [1.82, 2.24) is 0 Å². The molecule has 0 aromatic carbocycles. The molecule has 0 saturated carbocycles. The molecule has 5 unspecified atom stereocenters. The highest BCUT2D eigenvalue weighted by Crippen LogP contribution is 2.45. The van der Waals surface area contributed by atoms with E-state index in [4.69, 9.17) is 37.0 Å². The van der Waals surface area contributed by atoms with Gasteiger partial charge in [-0.25, -0.2) is 9.13 Å². The van der Waals surface area contributed by atoms with Crippen LogP contribution in [0.5, 0.6) is 0 Å². The normalized spacial score (nSPS) is 14.9. The molecule has 3 N–H and O–H groups in total. The van der Waals surface area contributed by atoms with Crippen LogP contribution in [0.25, 0.3) is 0 Å². The number of phosphoric ester groups is 2. The van der Waals surface area contributed by atoms with Gasteiger partial charge in [0.25, 0.3) is 0 Å². The van der Waals surface area contributed by atoms with Gasteiger partial charge in [0.15, 0.2) is 12.2 Å². The molecule has 0 rings (SSSR count). The summed E-state index contributed by atoms with van der Waals surface area (Å²) in [6, 6.07) is 0. The lowest BCUT2D eigenvalue weighted by atomic mass is 10.1. The predicted octanol–water partition coefficient (Wildman–Crippen LogP) is 19.0. The first-order chi connectivity index (χ1) is 44.7. The Kier molecular flexibility index (Phi) is 61.5. The van der Waals surface area contributed by atoms with Gasteiger partial charge < -0.3 is 33.8 Å². The Morgan fingerprint density at radius 2 is 0.609 bits per heavy atom. The Labute approximate surface area is 554 Å². The highest BCUT2D eigenvalue weighted by molar-refractivity contribution is 7.47. The first kappa shape index (κ1) is 87.2. The molecule has 92 heavy (non-hydrogen) atoms. The Bertz CT molecular complexity index is 2280. The van der Waals surface area contributed by atoms with E-state index >= 15 is 0 Å². The zero-order valence-corrected chi connectivity index (χ0v) is 58.5. The van der Waals surface area contributed by atoms with Crippen LogP contribution in [0.3, 0.4) is 0 Å². The number of carbonyl (C=O) groups is 4. The van der Waals surface area contributed by atoms with Crippen molar-refractivity contribution in [2.24, 2.45) is 0 Å². The maximum absolute atomic E-state index is 13.0. The van der Waals surface area contributed by atoms with E-state index < -0.39 is 97.5 Å². The number of ether oxygens (including phenoxy) is 4. The molecule has 0 aliphatic heterocycles. The standard InChI is InChI=1S/C73H120O17P2/c1-5-9-13-17-21-25-29-31-33-35-39-41-45-49-53-57-70(75)83-63-68(89-72(77)59-55-51-47-43-37-27-23-19-15-11-7-3)65-87-91(79,80)85-61-67(74)62-86-92(81,82)88-66-69(90-73(78)60-56-52-48-44-38-28-24-20-16-12-8-4)64-84-71(76)58-54-50-46-42-40-36-34-32-30-26-22-18-14-10-6-2/h9-10,13-14,19-26,31-34,39-42,49,53,67-69,74H,5-8,11-12,15-18,27-30,35-38,43-48,50-52,54-66H2,1-4H3,(H,79,80)(H,81,82)/b13-9-,14-10-,23-19-,24-20-,25-21-,26-22-,33-31-,34-32-,41-39-,42-40-,53-49-. The van der Waals surface area contributed by atoms with Crippen LogP contribution in [0.1, 0.15) is 246 Å². The van der Waals surface area contributed by atoms with E-state index in [-0.39, 0.29) is 25.7 Å². The van der Waals surface area contributed by atoms with Crippen molar-refractivity contribution in [2.75, 3.05) is 39.6 Å². The zero-order chi connectivity index (χ0) is 67.5. The Balaban J connectivity index is 5.42. The van der Waals surface area contributed by atoms with Gasteiger partial charge in [-0.3, -0.25) is 37.3 Å². The molecule has 0 aromatic rings. The third-order valence-corrected chi connectivity index (χ3v) is 15.5. The summed E-state index contributed by atoms with van der Waals surface area (Å²) in [4.78, 5) is 72.4. The number of allylic oxidation sites excluding steroid dienone is 21. The SMILES string of the molecule is CC/C=C\C/C=C\C/C=C\C/C=C\C/C=C\CC(=O)OCC(COP(=O)(O)OCC(O)COP(=O)(O)OCC(COC(=O)CCCC/C=C\C/C=C\C/C=C\C/C=C\CC)OC(=O)CCCCCCC/C=C\CCCC)OC(=O)CCCCCCC/C=C\CCCC. The summed E-state index contributed by atoms with van der Waals surface area (Å²) in [5.74, 6) is -2.40. The number of aliphatic hydroxyl groups excluding tert-OH is 1. The summed E-state index contributed by atoms with van der Waals surface area (Å²) >= 11 is 0. The molecule has 5 atom stereocenters. The number of hydrogen-bond donors (Lipinski definition) is 3. The molecular weight excluding hydrogens is 1210 g/mol. The van der Waals surface area contributed by atoms with Crippen molar-refractivity contribution in [1.29, 1.82) is 0 Å². The van der Waals surface area contributed by atoms with Crippen molar-refractivity contribution >= 4 is 39.5 Å². The van der Waals surface area contributed by atoms with Gasteiger partial charge in [0, 0.05) is 19.3 Å². The van der Waals surface area contributed by atoms with Gasteiger partial charge in [-0.2, -0.15) is 0 Å². The van der Waals surface area contributed by atoms with E-state index in [0.717, 1.165) is 141 Å². The van der Waals surface area contributed by atoms with Crippen molar-refractivity contribution < 1.29 is 80.2 Å². The summed E-state index contributed by atoms with van der Waals surface area (Å²) in [7, 11) is -9.98. The average Bonchev–Trinajstić information content (AvgIpc) is 2.55. The summed E-state index contributed by atoms with van der Waals surface area (Å²) < 4.78 is 67.9. The van der Waals surface area contributed by atoms with Crippen LogP contribution >= 0.6 is 15.6 Å². The molecule has 0 spiro atoms. The number of phosphoric acid groups is 2. The molecule has 0 bridgehead atoms. The van der Waals surface area contributed by atoms with E-state index in [1.54, 1.807) is 6.08 Å². The summed E-state index contributed by atoms with van der Waals surface area (Å²) in [5, 5.41) is 10.6. The number of esters is 4. The van der Waals surface area contributed by atoms with Crippen LogP contribution in [-0.2, 0) is 65.4 Å². The predicted molar refractivity (Wildman–Crippen MR) is 371 cm³/mol. The molecule has 0 radical (unpaired) electrons. The van der Waals surface area contributed by atoms with Gasteiger partial charge in [0.1, 0.15) is 19.3 Å². The van der Waals surface area contributed by atoms with Crippen molar-refractivity contribution in [3.8, 4) is 0 Å². The van der Waals surface area contributed by atoms with E-state index in [2.05, 4.69) is 137 Å². The minimum Gasteiger partial charge on any atom is -0.462 e. The molecule has 0 heterocycles. The third-order valence-electron chi connectivity index (χ3n) is 13.6. The molecule has 17 nitrogen and oxygen atoms in total. The quantitative estimate of drug-likeness (QED) is 0.0169. The minimum atomic E-state index is -4.99. The fraction of sp³-hybridized carbons (Fsp3) is 0.644. The second-order valence-corrected chi connectivity index (χ2v) is 25.3. The van der Waals surface area contributed by atoms with Gasteiger partial charge in [-0.15, -0.1) is 0 Å². The van der Waals surface area contributed by atoms with Gasteiger partial charge in [0.05, 0.1) is 32.8 Å². The molecule has 0 amide bonds. The van der Waals surface area contributed by atoms with Crippen molar-refractivity contribution in [3.05, 3.63) is 134 Å². The topological polar surface area (TPSA) is 237 Å². The van der Waals surface area contributed by atoms with Gasteiger partial charge in [0.2, 0.25) is 0 Å². The highest BCUT2D eigenvalue weighted by Gasteiger charge is 2.30. The molecule has 0 aliphatic carbocycles. The fourth-order valence-corrected chi connectivity index (χ4v) is 9.94. The smallest absolute Gasteiger partial charge is 0.462 e. The van der Waals surface area contributed by atoms with Gasteiger partial charge in [-0.05, 0) is 128 Å². The molecule has 0 aliphatic rings. The Morgan fingerprint density at radius 1 is 0.326 bits per heavy atom. The number of rotatable bonds is 63. The number of aliphatic hydroxyl groups is 1. The lowest BCUT2D eigenvalue weighted by molar-refractivity contribution is -0.161. The minimum absolute atomic E-state index is 0.0607. The number of carbonyl (C=O) groups excluding carboxylic acids is 4. The lowest BCUT2D eigenvalue weighted by Crippen LogP contribution is -2.30. The largest absolute Gasteiger partial charge is 0.472 e. The molecule has 0 aromatic heterocycles. The van der Waals surface area contributed by atoms with Crippen LogP contribution < -0.4 is 0 Å². The molecule has 0 saturated heterocycles. The van der Waals surface area contributed by atoms with Crippen LogP contribution in [0, 0.1) is 0 Å². The first-order valence-corrected chi connectivity index (χ1v) is 37.4. The highest BCUT2D eigenvalue weighted by atomic mass is 31.2. The summed E-state index contributed by atoms with van der Waals surface area (Å²) in [6.45, 7) is 4.33. The van der Waals surface area contributed by atoms with Crippen LogP contribution in [0.15, 0.2) is 134 Å². The zero-order valence-electron chi connectivity index (χ0n) is 56.7. The lowest BCUT2D eigenvalue weighted by Gasteiger charge is -2.21. The maximum atomic E-state index is 13.0. The Morgan fingerprint density at radius 3 is 1.00 bits per heavy atom. The van der Waals surface area contributed by atoms with Gasteiger partial charge >= 0.3 is 39.5 Å². The third kappa shape index (κ3) is 63.9. The van der Waals surface area contributed by atoms with Crippen LogP contribution in [0.2, 0.25) is 0 Å². The van der Waals surface area contributed by atoms with E-state index in [0.29, 0.717) is 25.7 Å². The molecule has 0 fully saturated rings. The monoisotopic (exact) mass is 1330 g/mol. The second-order valence-electron chi connectivity index (χ2n) is 22.4. The summed E-state index contributed by atoms with van der Waals surface area (Å²) in [6.07, 6.45) is 69.5. The molecule has 524 valence electrons. The molecule has 19 heteroatoms. The summed E-state index contributed by atoms with van der Waals surface area (Å²) in [5.41, 5.74) is 0. The van der Waals surface area contributed by atoms with E-state index in [9.17, 15) is 43.2 Å². The first-order valence-electron chi connectivity index (χ1n) is 34.4. The van der Waals surface area contributed by atoms with Crippen LogP contribution in [0.4, 0.5) is 0 Å². The fourth-order valence-electron chi connectivity index (χ4n) is 8.36. The number of unbranched alkanes of at least 4 members (excludes halogenated alkanes) is 16. The second kappa shape index (κ2) is 64.9. The number of hydrogen-bond acceptors (Lipinski definition) is 15. The molecular formula is C73H120O17P2.